The Morgan fingerprint density at radius 2 is 2.23 bits per heavy atom. The highest BCUT2D eigenvalue weighted by atomic mass is 35.5. The van der Waals surface area contributed by atoms with Crippen molar-refractivity contribution < 1.29 is 4.79 Å². The van der Waals surface area contributed by atoms with Crippen LogP contribution in [-0.4, -0.2) is 6.29 Å². The number of aldehydes is 1. The van der Waals surface area contributed by atoms with Gasteiger partial charge in [0.15, 0.2) is 0 Å². The maximum Gasteiger partial charge on any atom is 0.127 e. The number of hydrogen-bond acceptors (Lipinski definition) is 1. The molecule has 1 unspecified atom stereocenters. The normalized spacial score (nSPS) is 12.5. The summed E-state index contributed by atoms with van der Waals surface area (Å²) in [6.07, 6.45) is 1.85. The van der Waals surface area contributed by atoms with Crippen molar-refractivity contribution in [2.45, 2.75) is 26.2 Å². The van der Waals surface area contributed by atoms with Crippen molar-refractivity contribution in [2.24, 2.45) is 0 Å². The molecule has 0 N–H and O–H groups in total. The van der Waals surface area contributed by atoms with Gasteiger partial charge in [0.05, 0.1) is 0 Å². The van der Waals surface area contributed by atoms with Gasteiger partial charge in [0, 0.05) is 10.9 Å². The van der Waals surface area contributed by atoms with Gasteiger partial charge in [-0.05, 0) is 23.6 Å². The van der Waals surface area contributed by atoms with Crippen molar-refractivity contribution in [3.8, 4) is 0 Å². The van der Waals surface area contributed by atoms with E-state index in [1.165, 1.54) is 0 Å². The first-order valence-corrected chi connectivity index (χ1v) is 4.80. The maximum atomic E-state index is 10.5. The van der Waals surface area contributed by atoms with Gasteiger partial charge in [-0.3, -0.25) is 0 Å². The maximum absolute atomic E-state index is 10.5. The molecule has 0 heterocycles. The molecule has 1 atom stereocenters. The first kappa shape index (κ1) is 10.3. The van der Waals surface area contributed by atoms with E-state index in [9.17, 15) is 4.79 Å². The smallest absolute Gasteiger partial charge is 0.127 e. The minimum absolute atomic E-state index is 0.0663. The highest BCUT2D eigenvalue weighted by Gasteiger charge is 2.05. The van der Waals surface area contributed by atoms with Crippen LogP contribution >= 0.6 is 11.6 Å². The van der Waals surface area contributed by atoms with E-state index >= 15 is 0 Å². The Morgan fingerprint density at radius 3 is 2.69 bits per heavy atom. The molecule has 0 saturated heterocycles. The topological polar surface area (TPSA) is 17.1 Å². The summed E-state index contributed by atoms with van der Waals surface area (Å²) in [5.41, 5.74) is 2.11. The summed E-state index contributed by atoms with van der Waals surface area (Å²) in [7, 11) is 0. The molecule has 0 bridgehead atoms. The minimum Gasteiger partial charge on any atom is -0.303 e. The monoisotopic (exact) mass is 196 g/mol. The quantitative estimate of drug-likeness (QED) is 0.679. The van der Waals surface area contributed by atoms with Crippen LogP contribution in [0.15, 0.2) is 18.2 Å². The standard InChI is InChI=1S/C11H13ClO/c1-3-9-4-5-10(6-11(9)12)8(2)7-13/h4-8H,3H2,1-2H3. The summed E-state index contributed by atoms with van der Waals surface area (Å²) in [4.78, 5) is 10.5. The summed E-state index contributed by atoms with van der Waals surface area (Å²) in [5.74, 6) is -0.0663. The Hall–Kier alpha value is -0.820. The second-order valence-electron chi connectivity index (χ2n) is 3.13. The molecule has 0 aliphatic rings. The number of carbonyl (C=O) groups excluding carboxylic acids is 1. The number of carbonyl (C=O) groups is 1. The summed E-state index contributed by atoms with van der Waals surface area (Å²) >= 11 is 6.01. The fourth-order valence-electron chi connectivity index (χ4n) is 1.21. The van der Waals surface area contributed by atoms with E-state index in [1.807, 2.05) is 25.1 Å². The molecule has 0 aliphatic heterocycles. The van der Waals surface area contributed by atoms with Crippen molar-refractivity contribution in [1.82, 2.24) is 0 Å². The van der Waals surface area contributed by atoms with E-state index in [0.29, 0.717) is 0 Å². The Bertz CT molecular complexity index is 307. The highest BCUT2D eigenvalue weighted by Crippen LogP contribution is 2.22. The molecule has 1 rings (SSSR count). The van der Waals surface area contributed by atoms with Gasteiger partial charge in [-0.1, -0.05) is 37.6 Å². The average molecular weight is 197 g/mol. The number of hydrogen-bond donors (Lipinski definition) is 0. The van der Waals surface area contributed by atoms with E-state index in [-0.39, 0.29) is 5.92 Å². The zero-order valence-corrected chi connectivity index (χ0v) is 8.64. The predicted molar refractivity (Wildman–Crippen MR) is 55.3 cm³/mol. The fraction of sp³-hybridized carbons (Fsp3) is 0.364. The van der Waals surface area contributed by atoms with Crippen LogP contribution in [0.4, 0.5) is 0 Å². The molecular weight excluding hydrogens is 184 g/mol. The van der Waals surface area contributed by atoms with Crippen molar-refractivity contribution in [3.63, 3.8) is 0 Å². The summed E-state index contributed by atoms with van der Waals surface area (Å²) in [6.45, 7) is 3.92. The largest absolute Gasteiger partial charge is 0.303 e. The average Bonchev–Trinajstić information content (AvgIpc) is 2.16. The minimum atomic E-state index is -0.0663. The first-order chi connectivity index (χ1) is 6.19. The van der Waals surface area contributed by atoms with E-state index in [0.717, 1.165) is 28.9 Å². The lowest BCUT2D eigenvalue weighted by Gasteiger charge is -2.07. The van der Waals surface area contributed by atoms with Crippen molar-refractivity contribution in [3.05, 3.63) is 34.3 Å². The molecule has 1 nitrogen and oxygen atoms in total. The van der Waals surface area contributed by atoms with Crippen LogP contribution in [-0.2, 0) is 11.2 Å². The highest BCUT2D eigenvalue weighted by molar-refractivity contribution is 6.31. The van der Waals surface area contributed by atoms with E-state index in [1.54, 1.807) is 0 Å². The SMILES string of the molecule is CCc1ccc(C(C)C=O)cc1Cl. The van der Waals surface area contributed by atoms with Gasteiger partial charge in [-0.15, -0.1) is 0 Å². The molecule has 0 aliphatic carbocycles. The van der Waals surface area contributed by atoms with Crippen LogP contribution in [0.25, 0.3) is 0 Å². The van der Waals surface area contributed by atoms with Crippen molar-refractivity contribution in [1.29, 1.82) is 0 Å². The van der Waals surface area contributed by atoms with Crippen LogP contribution in [0.3, 0.4) is 0 Å². The first-order valence-electron chi connectivity index (χ1n) is 4.42. The van der Waals surface area contributed by atoms with Gasteiger partial charge in [0.1, 0.15) is 6.29 Å². The fourth-order valence-corrected chi connectivity index (χ4v) is 1.53. The zero-order chi connectivity index (χ0) is 9.84. The molecule has 0 fully saturated rings. The van der Waals surface area contributed by atoms with Crippen molar-refractivity contribution in [2.75, 3.05) is 0 Å². The molecule has 2 heteroatoms. The molecule has 1 aromatic carbocycles. The molecule has 0 spiro atoms. The molecule has 0 radical (unpaired) electrons. The summed E-state index contributed by atoms with van der Waals surface area (Å²) in [6, 6.07) is 5.82. The van der Waals surface area contributed by atoms with E-state index in [4.69, 9.17) is 11.6 Å². The third-order valence-electron chi connectivity index (χ3n) is 2.19. The van der Waals surface area contributed by atoms with Crippen LogP contribution in [0.1, 0.15) is 30.9 Å². The van der Waals surface area contributed by atoms with Gasteiger partial charge in [-0.25, -0.2) is 0 Å². The van der Waals surface area contributed by atoms with Crippen LogP contribution in [0, 0.1) is 0 Å². The molecule has 70 valence electrons. The van der Waals surface area contributed by atoms with E-state index in [2.05, 4.69) is 6.92 Å². The lowest BCUT2D eigenvalue weighted by molar-refractivity contribution is -0.108. The van der Waals surface area contributed by atoms with Gasteiger partial charge in [0.2, 0.25) is 0 Å². The number of rotatable bonds is 3. The van der Waals surface area contributed by atoms with Crippen LogP contribution in [0.5, 0.6) is 0 Å². The van der Waals surface area contributed by atoms with Crippen LogP contribution in [0.2, 0.25) is 5.02 Å². The second kappa shape index (κ2) is 4.43. The van der Waals surface area contributed by atoms with Gasteiger partial charge in [-0.2, -0.15) is 0 Å². The summed E-state index contributed by atoms with van der Waals surface area (Å²) < 4.78 is 0. The predicted octanol–water partition coefficient (Wildman–Crippen LogP) is 3.20. The molecule has 1 aromatic rings. The number of benzene rings is 1. The molecule has 0 aromatic heterocycles. The lowest BCUT2D eigenvalue weighted by atomic mass is 10.0. The van der Waals surface area contributed by atoms with Gasteiger partial charge >= 0.3 is 0 Å². The Labute approximate surface area is 83.7 Å². The molecule has 0 saturated carbocycles. The third-order valence-corrected chi connectivity index (χ3v) is 2.54. The Morgan fingerprint density at radius 1 is 1.54 bits per heavy atom. The van der Waals surface area contributed by atoms with Crippen molar-refractivity contribution >= 4 is 17.9 Å². The zero-order valence-electron chi connectivity index (χ0n) is 7.88. The molecule has 13 heavy (non-hydrogen) atoms. The Balaban J connectivity index is 3.02. The van der Waals surface area contributed by atoms with E-state index < -0.39 is 0 Å². The summed E-state index contributed by atoms with van der Waals surface area (Å²) in [5, 5.41) is 0.758. The number of halogens is 1. The third kappa shape index (κ3) is 2.31. The van der Waals surface area contributed by atoms with Crippen LogP contribution < -0.4 is 0 Å². The molecule has 0 amide bonds. The molecular formula is C11H13ClO. The number of aryl methyl sites for hydroxylation is 1. The second-order valence-corrected chi connectivity index (χ2v) is 3.54. The van der Waals surface area contributed by atoms with Gasteiger partial charge in [0.25, 0.3) is 0 Å². The Kier molecular flexibility index (Phi) is 3.49. The van der Waals surface area contributed by atoms with Gasteiger partial charge < -0.3 is 4.79 Å². The lowest BCUT2D eigenvalue weighted by Crippen LogP contribution is -1.95.